The minimum Gasteiger partial charge on any atom is -0.468 e. The number of methoxy groups -OCH3 is 1. The Bertz CT molecular complexity index is 520. The zero-order valence-electron chi connectivity index (χ0n) is 12.5. The molecule has 1 N–H and O–H groups in total. The van der Waals surface area contributed by atoms with E-state index in [4.69, 9.17) is 0 Å². The summed E-state index contributed by atoms with van der Waals surface area (Å²) in [6.07, 6.45) is 3.36. The number of nitrogens with one attached hydrogen (secondary N) is 1. The largest absolute Gasteiger partial charge is 0.468 e. The number of rotatable bonds is 6. The molecule has 2 rings (SSSR count). The number of hydrogen-bond donors (Lipinski definition) is 1. The molecule has 120 valence electrons. The van der Waals surface area contributed by atoms with Crippen molar-refractivity contribution in [1.82, 2.24) is 9.88 Å². The van der Waals surface area contributed by atoms with Gasteiger partial charge in [0.25, 0.3) is 5.69 Å². The molecule has 8 heteroatoms. The maximum Gasteiger partial charge on any atom is 0.319 e. The molecule has 1 fully saturated rings. The Labute approximate surface area is 128 Å². The van der Waals surface area contributed by atoms with E-state index < -0.39 is 4.92 Å². The second kappa shape index (κ2) is 7.69. The highest BCUT2D eigenvalue weighted by Crippen LogP contribution is 2.18. The van der Waals surface area contributed by atoms with Crippen LogP contribution in [0.1, 0.15) is 12.8 Å². The van der Waals surface area contributed by atoms with Crippen molar-refractivity contribution in [3.8, 4) is 0 Å². The number of carbonyl (C=O) groups is 1. The summed E-state index contributed by atoms with van der Waals surface area (Å²) in [5, 5.41) is 13.8. The van der Waals surface area contributed by atoms with Gasteiger partial charge in [0.1, 0.15) is 12.0 Å². The summed E-state index contributed by atoms with van der Waals surface area (Å²) >= 11 is 0. The zero-order chi connectivity index (χ0) is 15.9. The summed E-state index contributed by atoms with van der Waals surface area (Å²) < 4.78 is 4.69. The molecule has 1 aliphatic heterocycles. The van der Waals surface area contributed by atoms with Crippen molar-refractivity contribution in [2.24, 2.45) is 5.92 Å². The van der Waals surface area contributed by atoms with E-state index in [9.17, 15) is 14.9 Å². The number of hydrogen-bond acceptors (Lipinski definition) is 7. The molecule has 8 nitrogen and oxygen atoms in total. The third-order valence-electron chi connectivity index (χ3n) is 3.71. The highest BCUT2D eigenvalue weighted by atomic mass is 16.6. The Balaban J connectivity index is 1.80. The third kappa shape index (κ3) is 4.66. The fourth-order valence-electron chi connectivity index (χ4n) is 2.56. The van der Waals surface area contributed by atoms with Crippen LogP contribution in [-0.4, -0.2) is 54.1 Å². The van der Waals surface area contributed by atoms with Gasteiger partial charge in [0, 0.05) is 19.2 Å². The number of ether oxygens (including phenoxy) is 1. The molecule has 0 saturated carbocycles. The maximum atomic E-state index is 11.3. The molecule has 1 saturated heterocycles. The number of nitrogens with zero attached hydrogens (tertiary/aromatic N) is 3. The average Bonchev–Trinajstić information content (AvgIpc) is 2.53. The number of pyridine rings is 1. The molecule has 0 radical (unpaired) electrons. The van der Waals surface area contributed by atoms with Crippen LogP contribution in [-0.2, 0) is 9.53 Å². The molecular weight excluding hydrogens is 288 g/mol. The molecule has 0 bridgehead atoms. The van der Waals surface area contributed by atoms with Crippen molar-refractivity contribution in [2.45, 2.75) is 12.8 Å². The molecule has 1 aromatic rings. The first-order valence-electron chi connectivity index (χ1n) is 7.22. The lowest BCUT2D eigenvalue weighted by Gasteiger charge is -2.31. The Morgan fingerprint density at radius 2 is 2.41 bits per heavy atom. The second-order valence-corrected chi connectivity index (χ2v) is 5.36. The van der Waals surface area contributed by atoms with E-state index in [1.807, 2.05) is 0 Å². The lowest BCUT2D eigenvalue weighted by molar-refractivity contribution is -0.385. The van der Waals surface area contributed by atoms with E-state index in [0.717, 1.165) is 32.5 Å². The summed E-state index contributed by atoms with van der Waals surface area (Å²) in [6, 6.07) is 3.03. The topological polar surface area (TPSA) is 97.6 Å². The first-order valence-corrected chi connectivity index (χ1v) is 7.22. The van der Waals surface area contributed by atoms with Gasteiger partial charge in [0.2, 0.25) is 0 Å². The van der Waals surface area contributed by atoms with Gasteiger partial charge in [0.15, 0.2) is 0 Å². The SMILES string of the molecule is COC(=O)CN1CCC[C@@H](CNc2ccc([N+](=O)[O-])cn2)C1. The van der Waals surface area contributed by atoms with Crippen LogP contribution >= 0.6 is 0 Å². The Hall–Kier alpha value is -2.22. The van der Waals surface area contributed by atoms with E-state index >= 15 is 0 Å². The molecule has 0 amide bonds. The highest BCUT2D eigenvalue weighted by Gasteiger charge is 2.21. The van der Waals surface area contributed by atoms with E-state index in [-0.39, 0.29) is 11.7 Å². The van der Waals surface area contributed by atoms with Crippen LogP contribution in [0.15, 0.2) is 18.3 Å². The Kier molecular flexibility index (Phi) is 5.65. The van der Waals surface area contributed by atoms with Gasteiger partial charge in [-0.3, -0.25) is 19.8 Å². The molecule has 0 aliphatic carbocycles. The minimum absolute atomic E-state index is 0.0209. The smallest absolute Gasteiger partial charge is 0.319 e. The molecule has 1 aromatic heterocycles. The molecule has 0 aromatic carbocycles. The summed E-state index contributed by atoms with van der Waals surface area (Å²) in [4.78, 5) is 27.5. The molecule has 0 unspecified atom stereocenters. The van der Waals surface area contributed by atoms with Crippen LogP contribution in [0.2, 0.25) is 0 Å². The highest BCUT2D eigenvalue weighted by molar-refractivity contribution is 5.71. The predicted molar refractivity (Wildman–Crippen MR) is 80.6 cm³/mol. The molecule has 2 heterocycles. The van der Waals surface area contributed by atoms with E-state index in [1.54, 1.807) is 6.07 Å². The van der Waals surface area contributed by atoms with Crippen LogP contribution in [0, 0.1) is 16.0 Å². The van der Waals surface area contributed by atoms with E-state index in [2.05, 4.69) is 19.9 Å². The number of carbonyl (C=O) groups excluding carboxylic acids is 1. The second-order valence-electron chi connectivity index (χ2n) is 5.36. The van der Waals surface area contributed by atoms with Crippen LogP contribution in [0.3, 0.4) is 0 Å². The normalized spacial score (nSPS) is 18.7. The van der Waals surface area contributed by atoms with Crippen LogP contribution in [0.5, 0.6) is 0 Å². The van der Waals surface area contributed by atoms with Gasteiger partial charge >= 0.3 is 5.97 Å². The van der Waals surface area contributed by atoms with Gasteiger partial charge in [0.05, 0.1) is 18.6 Å². The fourth-order valence-corrected chi connectivity index (χ4v) is 2.56. The van der Waals surface area contributed by atoms with Crippen molar-refractivity contribution < 1.29 is 14.5 Å². The molecular formula is C14H20N4O4. The quantitative estimate of drug-likeness (QED) is 0.480. The van der Waals surface area contributed by atoms with Crippen LogP contribution in [0.4, 0.5) is 11.5 Å². The van der Waals surface area contributed by atoms with Gasteiger partial charge in [-0.2, -0.15) is 0 Å². The number of esters is 1. The van der Waals surface area contributed by atoms with Gasteiger partial charge in [-0.25, -0.2) is 4.98 Å². The number of nitro groups is 1. The van der Waals surface area contributed by atoms with Crippen molar-refractivity contribution in [3.05, 3.63) is 28.4 Å². The summed E-state index contributed by atoms with van der Waals surface area (Å²) in [5.41, 5.74) is -0.0209. The number of likely N-dealkylation sites (tertiary alicyclic amines) is 1. The fraction of sp³-hybridized carbons (Fsp3) is 0.571. The standard InChI is InChI=1S/C14H20N4O4/c1-22-14(19)10-17-6-2-3-11(9-17)7-15-13-5-4-12(8-16-13)18(20)21/h4-5,8,11H,2-3,6-7,9-10H2,1H3,(H,15,16)/t11-/m0/s1. The van der Waals surface area contributed by atoms with E-state index in [1.165, 1.54) is 19.4 Å². The lowest BCUT2D eigenvalue weighted by atomic mass is 9.98. The van der Waals surface area contributed by atoms with Crippen molar-refractivity contribution in [2.75, 3.05) is 38.6 Å². The minimum atomic E-state index is -0.470. The predicted octanol–water partition coefficient (Wildman–Crippen LogP) is 1.29. The van der Waals surface area contributed by atoms with Gasteiger partial charge < -0.3 is 10.1 Å². The number of anilines is 1. The number of aromatic nitrogens is 1. The van der Waals surface area contributed by atoms with Crippen LogP contribution < -0.4 is 5.32 Å². The molecule has 1 atom stereocenters. The van der Waals surface area contributed by atoms with Crippen molar-refractivity contribution in [3.63, 3.8) is 0 Å². The molecule has 22 heavy (non-hydrogen) atoms. The Morgan fingerprint density at radius 1 is 1.59 bits per heavy atom. The van der Waals surface area contributed by atoms with Crippen LogP contribution in [0.25, 0.3) is 0 Å². The summed E-state index contributed by atoms with van der Waals surface area (Å²) in [7, 11) is 1.39. The zero-order valence-corrected chi connectivity index (χ0v) is 12.5. The van der Waals surface area contributed by atoms with Gasteiger partial charge in [-0.15, -0.1) is 0 Å². The summed E-state index contributed by atoms with van der Waals surface area (Å²) in [5.74, 6) is 0.816. The van der Waals surface area contributed by atoms with Gasteiger partial charge in [-0.1, -0.05) is 0 Å². The van der Waals surface area contributed by atoms with Gasteiger partial charge in [-0.05, 0) is 31.4 Å². The van der Waals surface area contributed by atoms with Crippen molar-refractivity contribution in [1.29, 1.82) is 0 Å². The van der Waals surface area contributed by atoms with E-state index in [0.29, 0.717) is 18.3 Å². The molecule has 1 aliphatic rings. The lowest BCUT2D eigenvalue weighted by Crippen LogP contribution is -2.41. The first kappa shape index (κ1) is 16.2. The molecule has 0 spiro atoms. The van der Waals surface area contributed by atoms with Crippen molar-refractivity contribution >= 4 is 17.5 Å². The third-order valence-corrected chi connectivity index (χ3v) is 3.71. The maximum absolute atomic E-state index is 11.3. The Morgan fingerprint density at radius 3 is 3.05 bits per heavy atom. The monoisotopic (exact) mass is 308 g/mol. The average molecular weight is 308 g/mol. The summed E-state index contributed by atoms with van der Waals surface area (Å²) in [6.45, 7) is 2.78. The number of piperidine rings is 1. The first-order chi connectivity index (χ1) is 10.6.